The number of ether oxygens (including phenoxy) is 1. The Kier molecular flexibility index (Phi) is 8.29. The number of halogens is 1. The molecule has 10 heteroatoms. The number of nitrogens with zero attached hydrogens (tertiary/aromatic N) is 7. The first-order valence-corrected chi connectivity index (χ1v) is 15.3. The minimum atomic E-state index is -0.243. The van der Waals surface area contributed by atoms with E-state index in [9.17, 15) is 14.4 Å². The van der Waals surface area contributed by atoms with Crippen LogP contribution >= 0.6 is 0 Å². The third-order valence-corrected chi connectivity index (χ3v) is 9.49. The van der Waals surface area contributed by atoms with Gasteiger partial charge in [-0.1, -0.05) is 12.6 Å². The van der Waals surface area contributed by atoms with Gasteiger partial charge < -0.3 is 24.3 Å². The second-order valence-corrected chi connectivity index (χ2v) is 12.0. The van der Waals surface area contributed by atoms with Crippen molar-refractivity contribution in [2.45, 2.75) is 69.5 Å². The summed E-state index contributed by atoms with van der Waals surface area (Å²) in [6.07, 6.45) is 8.30. The molecule has 3 aliphatic heterocycles. The molecule has 1 aliphatic carbocycles. The Bertz CT molecular complexity index is 1380. The maximum absolute atomic E-state index is 14.3. The molecule has 4 aliphatic rings. The molecular formula is C32H40FN7O2. The SMILES string of the molecule is C=CC(=O)N1CCN(c2nc(OCC3CCCN3C)nc3c2CCC(N2CCCc4ccc(F)cc42)C3)CC1CC#N. The summed E-state index contributed by atoms with van der Waals surface area (Å²) in [5.41, 5.74) is 4.31. The van der Waals surface area contributed by atoms with Gasteiger partial charge in [-0.3, -0.25) is 4.79 Å². The number of aryl methyl sites for hydroxylation is 1. The van der Waals surface area contributed by atoms with E-state index in [1.165, 1.54) is 11.6 Å². The summed E-state index contributed by atoms with van der Waals surface area (Å²) in [5, 5.41) is 9.51. The second kappa shape index (κ2) is 12.3. The van der Waals surface area contributed by atoms with Crippen LogP contribution in [0.1, 0.15) is 48.9 Å². The van der Waals surface area contributed by atoms with E-state index in [0.717, 1.165) is 80.8 Å². The molecule has 0 saturated carbocycles. The molecule has 2 saturated heterocycles. The monoisotopic (exact) mass is 573 g/mol. The van der Waals surface area contributed by atoms with Crippen LogP contribution in [-0.4, -0.2) is 90.2 Å². The second-order valence-electron chi connectivity index (χ2n) is 12.0. The summed E-state index contributed by atoms with van der Waals surface area (Å²) in [5.74, 6) is 0.507. The number of rotatable bonds is 7. The number of hydrogen-bond donors (Lipinski definition) is 0. The van der Waals surface area contributed by atoms with E-state index in [2.05, 4.69) is 34.4 Å². The van der Waals surface area contributed by atoms with Crippen LogP contribution in [0.3, 0.4) is 0 Å². The summed E-state index contributed by atoms with van der Waals surface area (Å²) in [6.45, 7) is 7.78. The first kappa shape index (κ1) is 28.4. The lowest BCUT2D eigenvalue weighted by molar-refractivity contribution is -0.128. The lowest BCUT2D eigenvalue weighted by atomic mass is 9.88. The first-order chi connectivity index (χ1) is 20.4. The fourth-order valence-corrected chi connectivity index (χ4v) is 7.20. The zero-order valence-electron chi connectivity index (χ0n) is 24.5. The Morgan fingerprint density at radius 3 is 2.83 bits per heavy atom. The molecule has 1 amide bonds. The van der Waals surface area contributed by atoms with Crippen LogP contribution in [0.4, 0.5) is 15.9 Å². The van der Waals surface area contributed by atoms with Gasteiger partial charge in [0.2, 0.25) is 5.91 Å². The lowest BCUT2D eigenvalue weighted by Crippen LogP contribution is -2.55. The van der Waals surface area contributed by atoms with E-state index in [0.29, 0.717) is 38.3 Å². The maximum atomic E-state index is 14.3. The highest BCUT2D eigenvalue weighted by molar-refractivity contribution is 5.87. The number of nitriles is 1. The Labute approximate surface area is 247 Å². The van der Waals surface area contributed by atoms with Crippen molar-refractivity contribution in [3.05, 3.63) is 53.5 Å². The van der Waals surface area contributed by atoms with Crippen LogP contribution in [0, 0.1) is 17.1 Å². The van der Waals surface area contributed by atoms with Crippen molar-refractivity contribution >= 4 is 17.4 Å². The zero-order chi connectivity index (χ0) is 29.2. The van der Waals surface area contributed by atoms with Crippen molar-refractivity contribution in [1.29, 1.82) is 5.26 Å². The zero-order valence-corrected chi connectivity index (χ0v) is 24.5. The Balaban J connectivity index is 1.30. The van der Waals surface area contributed by atoms with Crippen molar-refractivity contribution in [2.24, 2.45) is 0 Å². The molecule has 6 rings (SSSR count). The van der Waals surface area contributed by atoms with Gasteiger partial charge in [-0.2, -0.15) is 15.2 Å². The third kappa shape index (κ3) is 5.67. The molecule has 1 aromatic carbocycles. The van der Waals surface area contributed by atoms with E-state index in [1.807, 2.05) is 6.07 Å². The predicted octanol–water partition coefficient (Wildman–Crippen LogP) is 3.52. The summed E-state index contributed by atoms with van der Waals surface area (Å²) in [7, 11) is 2.13. The minimum absolute atomic E-state index is 0.148. The normalized spacial score (nSPS) is 24.1. The van der Waals surface area contributed by atoms with Gasteiger partial charge in [-0.05, 0) is 75.9 Å². The predicted molar refractivity (Wildman–Crippen MR) is 159 cm³/mol. The fourth-order valence-electron chi connectivity index (χ4n) is 7.20. The van der Waals surface area contributed by atoms with Gasteiger partial charge in [0.05, 0.1) is 24.2 Å². The molecule has 2 aromatic rings. The summed E-state index contributed by atoms with van der Waals surface area (Å²) >= 11 is 0. The number of carbonyl (C=O) groups excluding carboxylic acids is 1. The van der Waals surface area contributed by atoms with Crippen molar-refractivity contribution in [1.82, 2.24) is 19.8 Å². The highest BCUT2D eigenvalue weighted by Crippen LogP contribution is 2.37. The number of benzene rings is 1. The smallest absolute Gasteiger partial charge is 0.318 e. The Morgan fingerprint density at radius 2 is 2.05 bits per heavy atom. The van der Waals surface area contributed by atoms with Crippen LogP contribution < -0.4 is 14.5 Å². The van der Waals surface area contributed by atoms with Crippen LogP contribution in [0.5, 0.6) is 6.01 Å². The number of amides is 1. The highest BCUT2D eigenvalue weighted by atomic mass is 19.1. The molecule has 0 radical (unpaired) electrons. The third-order valence-electron chi connectivity index (χ3n) is 9.49. The van der Waals surface area contributed by atoms with E-state index in [4.69, 9.17) is 14.7 Å². The lowest BCUT2D eigenvalue weighted by Gasteiger charge is -2.43. The molecule has 3 atom stereocenters. The fraction of sp³-hybridized carbons (Fsp3) is 0.562. The number of fused-ring (bicyclic) bond motifs is 2. The summed E-state index contributed by atoms with van der Waals surface area (Å²) < 4.78 is 20.6. The van der Waals surface area contributed by atoms with Crippen molar-refractivity contribution in [3.63, 3.8) is 0 Å². The molecule has 4 heterocycles. The van der Waals surface area contributed by atoms with Crippen LogP contribution in [0.2, 0.25) is 0 Å². The van der Waals surface area contributed by atoms with Crippen molar-refractivity contribution in [2.75, 3.05) is 56.2 Å². The average molecular weight is 574 g/mol. The summed E-state index contributed by atoms with van der Waals surface area (Å²) in [4.78, 5) is 31.1. The number of hydrogen-bond acceptors (Lipinski definition) is 8. The molecule has 0 N–H and O–H groups in total. The maximum Gasteiger partial charge on any atom is 0.318 e. The molecule has 9 nitrogen and oxygen atoms in total. The van der Waals surface area contributed by atoms with E-state index in [-0.39, 0.29) is 30.2 Å². The number of carbonyl (C=O) groups is 1. The molecule has 222 valence electrons. The van der Waals surface area contributed by atoms with Crippen LogP contribution in [0.15, 0.2) is 30.9 Å². The van der Waals surface area contributed by atoms with Gasteiger partial charge in [0.1, 0.15) is 18.2 Å². The molecular weight excluding hydrogens is 533 g/mol. The van der Waals surface area contributed by atoms with Gasteiger partial charge in [-0.15, -0.1) is 0 Å². The molecule has 0 bridgehead atoms. The van der Waals surface area contributed by atoms with Crippen molar-refractivity contribution in [3.8, 4) is 12.1 Å². The van der Waals surface area contributed by atoms with Gasteiger partial charge >= 0.3 is 6.01 Å². The summed E-state index contributed by atoms with van der Waals surface area (Å²) in [6, 6.07) is 8.12. The topological polar surface area (TPSA) is 88.8 Å². The van der Waals surface area contributed by atoms with E-state index in [1.54, 1.807) is 17.0 Å². The minimum Gasteiger partial charge on any atom is -0.462 e. The number of aromatic nitrogens is 2. The largest absolute Gasteiger partial charge is 0.462 e. The number of anilines is 2. The first-order valence-electron chi connectivity index (χ1n) is 15.3. The average Bonchev–Trinajstić information content (AvgIpc) is 3.43. The Hall–Kier alpha value is -3.71. The van der Waals surface area contributed by atoms with Gasteiger partial charge in [0.25, 0.3) is 0 Å². The molecule has 42 heavy (non-hydrogen) atoms. The standard InChI is InChI=1S/C32H40FN7O2/c1-3-30(41)40-17-16-38(20-25(40)12-13-34)31-27-11-10-24(39-15-4-6-22-8-9-23(33)18-29(22)39)19-28(27)35-32(36-31)42-21-26-7-5-14-37(26)2/h3,8-9,18,24-26H,1,4-7,10-12,14-17,19-21H2,2H3. The van der Waals surface area contributed by atoms with Gasteiger partial charge in [0.15, 0.2) is 0 Å². The van der Waals surface area contributed by atoms with Gasteiger partial charge in [0, 0.05) is 55.9 Å². The van der Waals surface area contributed by atoms with Crippen molar-refractivity contribution < 1.29 is 13.9 Å². The molecule has 1 aromatic heterocycles. The number of likely N-dealkylation sites (N-methyl/N-ethyl adjacent to an activating group) is 1. The molecule has 0 spiro atoms. The molecule has 2 fully saturated rings. The van der Waals surface area contributed by atoms with Gasteiger partial charge in [-0.25, -0.2) is 4.39 Å². The Morgan fingerprint density at radius 1 is 1.17 bits per heavy atom. The van der Waals surface area contributed by atoms with Crippen LogP contribution in [-0.2, 0) is 24.1 Å². The molecule has 3 unspecified atom stereocenters. The van der Waals surface area contributed by atoms with Crippen LogP contribution in [0.25, 0.3) is 0 Å². The number of piperazine rings is 1. The quantitative estimate of drug-likeness (QED) is 0.465. The highest BCUT2D eigenvalue weighted by Gasteiger charge is 2.35. The van der Waals surface area contributed by atoms with E-state index < -0.39 is 0 Å². The number of likely N-dealkylation sites (tertiary alicyclic amines) is 1. The van der Waals surface area contributed by atoms with E-state index >= 15 is 0 Å².